The summed E-state index contributed by atoms with van der Waals surface area (Å²) in [6, 6.07) is 2.64. The third-order valence-corrected chi connectivity index (χ3v) is 6.56. The number of nitrogens with zero attached hydrogens (tertiary/aromatic N) is 2. The van der Waals surface area contributed by atoms with Crippen molar-refractivity contribution in [2.75, 3.05) is 0 Å². The fourth-order valence-electron chi connectivity index (χ4n) is 2.59. The Kier molecular flexibility index (Phi) is 7.56. The van der Waals surface area contributed by atoms with Crippen LogP contribution in [0.15, 0.2) is 42.6 Å². The summed E-state index contributed by atoms with van der Waals surface area (Å²) >= 11 is 0. The molecule has 7 heteroatoms. The summed E-state index contributed by atoms with van der Waals surface area (Å²) in [5.74, 6) is -1.13. The van der Waals surface area contributed by atoms with E-state index in [9.17, 15) is 18.6 Å². The summed E-state index contributed by atoms with van der Waals surface area (Å²) in [5, 5.41) is 20.3. The molecule has 1 aromatic rings. The van der Waals surface area contributed by atoms with Crippen LogP contribution in [-0.2, 0) is 16.6 Å². The van der Waals surface area contributed by atoms with Gasteiger partial charge in [0.1, 0.15) is 4.90 Å². The zero-order chi connectivity index (χ0) is 20.1. The van der Waals surface area contributed by atoms with Gasteiger partial charge in [-0.3, -0.25) is 4.31 Å². The van der Waals surface area contributed by atoms with E-state index in [2.05, 4.69) is 13.2 Å². The third-order valence-electron chi connectivity index (χ3n) is 4.63. The van der Waals surface area contributed by atoms with Crippen LogP contribution >= 0.6 is 0 Å². The molecule has 0 aliphatic heterocycles. The molecule has 1 rings (SSSR count). The molecule has 0 radical (unpaired) electrons. The highest BCUT2D eigenvalue weighted by molar-refractivity contribution is 7.89. The Morgan fingerprint density at radius 3 is 2.12 bits per heavy atom. The molecule has 0 aliphatic carbocycles. The Hall–Kier alpha value is -2.15. The number of sulfonamides is 1. The van der Waals surface area contributed by atoms with Crippen molar-refractivity contribution in [2.24, 2.45) is 0 Å². The first-order chi connectivity index (χ1) is 12.1. The molecule has 0 fully saturated rings. The molecule has 0 heterocycles. The smallest absolute Gasteiger partial charge is 0.267 e. The van der Waals surface area contributed by atoms with E-state index in [-0.39, 0.29) is 17.0 Å². The fraction of sp³-hybridized carbons (Fsp3) is 0.474. The largest absolute Gasteiger partial charge is 0.504 e. The Morgan fingerprint density at radius 2 is 1.65 bits per heavy atom. The zero-order valence-electron chi connectivity index (χ0n) is 16.0. The van der Waals surface area contributed by atoms with Crippen molar-refractivity contribution in [1.29, 1.82) is 0 Å². The Labute approximate surface area is 157 Å². The lowest BCUT2D eigenvalue weighted by Crippen LogP contribution is -2.33. The van der Waals surface area contributed by atoms with Gasteiger partial charge in [0, 0.05) is 24.8 Å². The summed E-state index contributed by atoms with van der Waals surface area (Å²) < 4.78 is 27.1. The average molecular weight is 383 g/mol. The molecule has 2 N–H and O–H groups in total. The van der Waals surface area contributed by atoms with Crippen LogP contribution in [-0.4, -0.2) is 39.9 Å². The normalized spacial score (nSPS) is 13.7. The SMILES string of the molecule is C=CN(Cc1cc(O)c(O)c(S(=O)(=O)N(C=C)C(C)CC)c1)C(C)CC. The molecule has 0 aromatic heterocycles. The molecule has 0 saturated heterocycles. The van der Waals surface area contributed by atoms with Crippen LogP contribution in [0, 0.1) is 0 Å². The lowest BCUT2D eigenvalue weighted by molar-refractivity contribution is 0.278. The Bertz CT molecular complexity index is 746. The molecule has 0 saturated carbocycles. The van der Waals surface area contributed by atoms with Gasteiger partial charge in [0.15, 0.2) is 11.5 Å². The zero-order valence-corrected chi connectivity index (χ0v) is 16.8. The van der Waals surface area contributed by atoms with Crippen molar-refractivity contribution in [3.05, 3.63) is 43.3 Å². The second-order valence-electron chi connectivity index (χ2n) is 6.35. The van der Waals surface area contributed by atoms with Gasteiger partial charge in [-0.1, -0.05) is 27.0 Å². The summed E-state index contributed by atoms with van der Waals surface area (Å²) in [6.07, 6.45) is 4.37. The fourth-order valence-corrected chi connectivity index (χ4v) is 4.29. The number of rotatable bonds is 10. The van der Waals surface area contributed by atoms with Gasteiger partial charge in [0.25, 0.3) is 10.0 Å². The number of phenolic OH excluding ortho intramolecular Hbond substituents is 2. The van der Waals surface area contributed by atoms with Gasteiger partial charge >= 0.3 is 0 Å². The lowest BCUT2D eigenvalue weighted by Gasteiger charge is -2.28. The quantitative estimate of drug-likeness (QED) is 0.602. The second-order valence-corrected chi connectivity index (χ2v) is 8.16. The van der Waals surface area contributed by atoms with Crippen LogP contribution in [0.5, 0.6) is 11.5 Å². The Balaban J connectivity index is 3.42. The van der Waals surface area contributed by atoms with Crippen molar-refractivity contribution in [2.45, 2.75) is 64.1 Å². The van der Waals surface area contributed by atoms with Gasteiger partial charge in [-0.25, -0.2) is 8.42 Å². The minimum Gasteiger partial charge on any atom is -0.504 e. The van der Waals surface area contributed by atoms with Crippen LogP contribution in [0.2, 0.25) is 0 Å². The van der Waals surface area contributed by atoms with Gasteiger partial charge < -0.3 is 15.1 Å². The molecule has 1 aromatic carbocycles. The number of hydrogen-bond acceptors (Lipinski definition) is 5. The number of benzene rings is 1. The monoisotopic (exact) mass is 382 g/mol. The van der Waals surface area contributed by atoms with Crippen molar-refractivity contribution < 1.29 is 18.6 Å². The van der Waals surface area contributed by atoms with E-state index in [0.29, 0.717) is 18.5 Å². The minimum atomic E-state index is -4.05. The van der Waals surface area contributed by atoms with Gasteiger partial charge in [0.2, 0.25) is 0 Å². The van der Waals surface area contributed by atoms with E-state index in [1.54, 1.807) is 13.1 Å². The van der Waals surface area contributed by atoms with Crippen molar-refractivity contribution in [3.63, 3.8) is 0 Å². The van der Waals surface area contributed by atoms with E-state index >= 15 is 0 Å². The Morgan fingerprint density at radius 1 is 1.08 bits per heavy atom. The highest BCUT2D eigenvalue weighted by Crippen LogP contribution is 2.36. The maximum atomic E-state index is 13.0. The first kappa shape index (κ1) is 21.9. The molecule has 2 unspecified atom stereocenters. The van der Waals surface area contributed by atoms with E-state index in [1.807, 2.05) is 25.7 Å². The lowest BCUT2D eigenvalue weighted by atomic mass is 10.1. The minimum absolute atomic E-state index is 0.202. The number of hydrogen-bond donors (Lipinski definition) is 2. The van der Waals surface area contributed by atoms with Crippen molar-refractivity contribution in [1.82, 2.24) is 9.21 Å². The highest BCUT2D eigenvalue weighted by Gasteiger charge is 2.30. The summed E-state index contributed by atoms with van der Waals surface area (Å²) in [6.45, 7) is 15.4. The van der Waals surface area contributed by atoms with Crippen LogP contribution < -0.4 is 0 Å². The van der Waals surface area contributed by atoms with Gasteiger partial charge in [-0.05, 0) is 50.6 Å². The summed E-state index contributed by atoms with van der Waals surface area (Å²) in [7, 11) is -4.05. The van der Waals surface area contributed by atoms with Gasteiger partial charge in [-0.2, -0.15) is 0 Å². The summed E-state index contributed by atoms with van der Waals surface area (Å²) in [4.78, 5) is 1.61. The molecule has 0 amide bonds. The molecule has 0 aliphatic rings. The molecule has 6 nitrogen and oxygen atoms in total. The molecular weight excluding hydrogens is 352 g/mol. The first-order valence-corrected chi connectivity index (χ1v) is 10.2. The molecule has 26 heavy (non-hydrogen) atoms. The third kappa shape index (κ3) is 4.52. The molecule has 0 bridgehead atoms. The topological polar surface area (TPSA) is 81.1 Å². The van der Waals surface area contributed by atoms with Crippen molar-refractivity contribution >= 4 is 10.0 Å². The van der Waals surface area contributed by atoms with E-state index < -0.39 is 21.5 Å². The molecule has 146 valence electrons. The van der Waals surface area contributed by atoms with Crippen LogP contribution in [0.25, 0.3) is 0 Å². The predicted molar refractivity (Wildman–Crippen MR) is 104 cm³/mol. The van der Waals surface area contributed by atoms with Gasteiger partial charge in [-0.15, -0.1) is 0 Å². The van der Waals surface area contributed by atoms with E-state index in [0.717, 1.165) is 10.7 Å². The van der Waals surface area contributed by atoms with E-state index in [1.165, 1.54) is 18.3 Å². The highest BCUT2D eigenvalue weighted by atomic mass is 32.2. The standard InChI is InChI=1S/C19H30N2O4S/c1-7-14(5)20(9-3)13-16-11-17(22)19(23)18(12-16)26(24,25)21(10-4)15(6)8-2/h9-12,14-15,22-23H,3-4,7-8,13H2,1-2,5-6H3. The second kappa shape index (κ2) is 8.98. The van der Waals surface area contributed by atoms with Gasteiger partial charge in [0.05, 0.1) is 0 Å². The van der Waals surface area contributed by atoms with Crippen LogP contribution in [0.4, 0.5) is 0 Å². The van der Waals surface area contributed by atoms with Crippen LogP contribution in [0.3, 0.4) is 0 Å². The van der Waals surface area contributed by atoms with Crippen LogP contribution in [0.1, 0.15) is 46.1 Å². The average Bonchev–Trinajstić information content (AvgIpc) is 2.61. The predicted octanol–water partition coefficient (Wildman–Crippen LogP) is 3.77. The molecule has 2 atom stereocenters. The summed E-state index contributed by atoms with van der Waals surface area (Å²) in [5.41, 5.74) is 0.562. The van der Waals surface area contributed by atoms with E-state index in [4.69, 9.17) is 0 Å². The number of phenols is 2. The maximum Gasteiger partial charge on any atom is 0.267 e. The van der Waals surface area contributed by atoms with Crippen molar-refractivity contribution in [3.8, 4) is 11.5 Å². The molecule has 0 spiro atoms. The number of aromatic hydroxyl groups is 2. The molecular formula is C19H30N2O4S. The maximum absolute atomic E-state index is 13.0. The first-order valence-electron chi connectivity index (χ1n) is 8.73.